The molecule has 0 fully saturated rings. The summed E-state index contributed by atoms with van der Waals surface area (Å²) >= 11 is 0. The Morgan fingerprint density at radius 3 is 2.14 bits per heavy atom. The molecule has 4 aromatic rings. The van der Waals surface area contributed by atoms with Crippen molar-refractivity contribution in [2.75, 3.05) is 37.5 Å². The molecule has 0 saturated heterocycles. The highest BCUT2D eigenvalue weighted by Gasteiger charge is 2.47. The molecule has 4 aromatic carbocycles. The van der Waals surface area contributed by atoms with E-state index >= 15 is 0 Å². The van der Waals surface area contributed by atoms with E-state index in [0.717, 1.165) is 40.2 Å². The molecule has 0 saturated carbocycles. The second-order valence-electron chi connectivity index (χ2n) is 12.5. The second kappa shape index (κ2) is 12.1. The zero-order valence-corrected chi connectivity index (χ0v) is 26.0. The maximum atomic E-state index is 13.3. The minimum atomic E-state index is -0.417. The van der Waals surface area contributed by atoms with Gasteiger partial charge in [-0.2, -0.15) is 0 Å². The summed E-state index contributed by atoms with van der Waals surface area (Å²) < 4.78 is 5.95. The maximum absolute atomic E-state index is 13.3. The van der Waals surface area contributed by atoms with Crippen molar-refractivity contribution < 1.29 is 14.3 Å². The summed E-state index contributed by atoms with van der Waals surface area (Å²) in [7, 11) is 4.05. The molecule has 0 aromatic heterocycles. The molecule has 1 atom stereocenters. The van der Waals surface area contributed by atoms with Crippen LogP contribution in [0.2, 0.25) is 0 Å². The molecular formula is C37H41N3O3. The number of amides is 2. The molecule has 1 heterocycles. The number of benzene rings is 4. The van der Waals surface area contributed by atoms with Crippen molar-refractivity contribution in [1.82, 2.24) is 4.90 Å². The number of nitrogens with zero attached hydrogens (tertiary/aromatic N) is 2. The first kappa shape index (κ1) is 30.1. The number of anilines is 2. The summed E-state index contributed by atoms with van der Waals surface area (Å²) in [6.07, 6.45) is 0.714. The minimum Gasteiger partial charge on any atom is -0.492 e. The highest BCUT2D eigenvalue weighted by atomic mass is 16.5. The normalized spacial score (nSPS) is 17.3. The maximum Gasteiger partial charge on any atom is 0.255 e. The largest absolute Gasteiger partial charge is 0.492 e. The molecule has 0 bridgehead atoms. The van der Waals surface area contributed by atoms with Crippen molar-refractivity contribution in [1.29, 1.82) is 0 Å². The fourth-order valence-electron chi connectivity index (χ4n) is 6.38. The average Bonchev–Trinajstić information content (AvgIpc) is 2.97. The van der Waals surface area contributed by atoms with Crippen molar-refractivity contribution in [2.45, 2.75) is 45.1 Å². The van der Waals surface area contributed by atoms with E-state index in [1.165, 1.54) is 0 Å². The molecule has 5 rings (SSSR count). The van der Waals surface area contributed by atoms with Gasteiger partial charge >= 0.3 is 0 Å². The Bertz CT molecular complexity index is 1590. The van der Waals surface area contributed by atoms with Gasteiger partial charge in [-0.05, 0) is 99.1 Å². The van der Waals surface area contributed by atoms with E-state index in [1.54, 1.807) is 6.92 Å². The smallest absolute Gasteiger partial charge is 0.255 e. The summed E-state index contributed by atoms with van der Waals surface area (Å²) in [4.78, 5) is 30.2. The number of carbonyl (C=O) groups excluding carboxylic acids is 2. The number of likely N-dealkylation sites (N-methyl/N-ethyl adjacent to an activating group) is 1. The Labute approximate surface area is 255 Å². The lowest BCUT2D eigenvalue weighted by Gasteiger charge is -2.51. The van der Waals surface area contributed by atoms with Gasteiger partial charge < -0.3 is 19.9 Å². The zero-order valence-electron chi connectivity index (χ0n) is 26.0. The lowest BCUT2D eigenvalue weighted by molar-refractivity contribution is -0.117. The van der Waals surface area contributed by atoms with Crippen molar-refractivity contribution in [3.8, 4) is 16.9 Å². The molecule has 222 valence electrons. The van der Waals surface area contributed by atoms with E-state index < -0.39 is 11.0 Å². The van der Waals surface area contributed by atoms with Gasteiger partial charge in [-0.15, -0.1) is 0 Å². The Morgan fingerprint density at radius 1 is 0.860 bits per heavy atom. The first-order chi connectivity index (χ1) is 20.5. The van der Waals surface area contributed by atoms with Gasteiger partial charge in [-0.25, -0.2) is 0 Å². The van der Waals surface area contributed by atoms with Crippen LogP contribution in [-0.2, 0) is 10.2 Å². The first-order valence-corrected chi connectivity index (χ1v) is 14.8. The number of hydrogen-bond acceptors (Lipinski definition) is 4. The van der Waals surface area contributed by atoms with E-state index in [1.807, 2.05) is 91.8 Å². The van der Waals surface area contributed by atoms with Crippen LogP contribution in [0.1, 0.15) is 55.6 Å². The van der Waals surface area contributed by atoms with Crippen LogP contribution in [0, 0.1) is 0 Å². The van der Waals surface area contributed by atoms with E-state index in [4.69, 9.17) is 4.74 Å². The molecule has 6 nitrogen and oxygen atoms in total. The quantitative estimate of drug-likeness (QED) is 0.238. The predicted molar refractivity (Wildman–Crippen MR) is 175 cm³/mol. The van der Waals surface area contributed by atoms with Gasteiger partial charge in [-0.1, -0.05) is 61.5 Å². The van der Waals surface area contributed by atoms with Gasteiger partial charge in [0, 0.05) is 41.4 Å². The Morgan fingerprint density at radius 2 is 1.51 bits per heavy atom. The first-order valence-electron chi connectivity index (χ1n) is 14.8. The summed E-state index contributed by atoms with van der Waals surface area (Å²) in [5, 5.41) is 3.10. The molecule has 0 radical (unpaired) electrons. The van der Waals surface area contributed by atoms with Gasteiger partial charge in [0.25, 0.3) is 5.91 Å². The van der Waals surface area contributed by atoms with Crippen molar-refractivity contribution in [2.24, 2.45) is 0 Å². The van der Waals surface area contributed by atoms with Crippen molar-refractivity contribution >= 4 is 23.2 Å². The van der Waals surface area contributed by atoms with E-state index in [-0.39, 0.29) is 11.8 Å². The van der Waals surface area contributed by atoms with Crippen molar-refractivity contribution in [3.63, 3.8) is 0 Å². The van der Waals surface area contributed by atoms with Gasteiger partial charge in [0.1, 0.15) is 12.4 Å². The van der Waals surface area contributed by atoms with Crippen LogP contribution in [0.4, 0.5) is 11.4 Å². The predicted octanol–water partition coefficient (Wildman–Crippen LogP) is 7.39. The summed E-state index contributed by atoms with van der Waals surface area (Å²) in [6.45, 7) is 9.52. The number of ether oxygens (including phenoxy) is 1. The van der Waals surface area contributed by atoms with Gasteiger partial charge in [0.15, 0.2) is 0 Å². The van der Waals surface area contributed by atoms with Crippen LogP contribution in [0.25, 0.3) is 11.1 Å². The van der Waals surface area contributed by atoms with E-state index in [0.29, 0.717) is 24.3 Å². The second-order valence-corrected chi connectivity index (χ2v) is 12.5. The minimum absolute atomic E-state index is 0.00627. The molecule has 0 spiro atoms. The highest BCUT2D eigenvalue weighted by molar-refractivity contribution is 6.05. The third kappa shape index (κ3) is 6.35. The number of rotatable bonds is 8. The fraction of sp³-hybridized carbons (Fsp3) is 0.297. The third-order valence-corrected chi connectivity index (χ3v) is 8.35. The third-order valence-electron chi connectivity index (χ3n) is 8.35. The number of fused-ring (bicyclic) bond motifs is 1. The van der Waals surface area contributed by atoms with Crippen molar-refractivity contribution in [3.05, 3.63) is 114 Å². The number of carbonyl (C=O) groups is 2. The summed E-state index contributed by atoms with van der Waals surface area (Å²) in [6, 6.07) is 31.9. The average molecular weight is 576 g/mol. The van der Waals surface area contributed by atoms with Crippen LogP contribution in [0.5, 0.6) is 5.75 Å². The number of nitrogens with one attached hydrogen (secondary N) is 1. The lowest BCUT2D eigenvalue weighted by atomic mass is 9.65. The zero-order chi connectivity index (χ0) is 30.8. The lowest BCUT2D eigenvalue weighted by Crippen LogP contribution is -2.55. The monoisotopic (exact) mass is 575 g/mol. The Kier molecular flexibility index (Phi) is 8.43. The van der Waals surface area contributed by atoms with Crippen LogP contribution >= 0.6 is 0 Å². The van der Waals surface area contributed by atoms with Gasteiger partial charge in [0.2, 0.25) is 5.91 Å². The summed E-state index contributed by atoms with van der Waals surface area (Å²) in [5.41, 5.74) is 5.60. The molecule has 1 aliphatic heterocycles. The van der Waals surface area contributed by atoms with Crippen LogP contribution in [0.15, 0.2) is 97.1 Å². The SMILES string of the molecule is CC(=O)N1c2ccc(NC(=O)c3ccc(-c4ccccc4)cc3)cc2C(C)(c2ccc(OCCN(C)C)cc2)CC1(C)C. The molecule has 1 unspecified atom stereocenters. The van der Waals surface area contributed by atoms with Crippen LogP contribution in [-0.4, -0.2) is 49.5 Å². The van der Waals surface area contributed by atoms with Crippen LogP contribution < -0.4 is 15.0 Å². The molecule has 43 heavy (non-hydrogen) atoms. The van der Waals surface area contributed by atoms with E-state index in [2.05, 4.69) is 55.3 Å². The van der Waals surface area contributed by atoms with Gasteiger partial charge in [0.05, 0.1) is 0 Å². The van der Waals surface area contributed by atoms with E-state index in [9.17, 15) is 9.59 Å². The number of hydrogen-bond donors (Lipinski definition) is 1. The molecule has 1 N–H and O–H groups in total. The molecule has 2 amide bonds. The topological polar surface area (TPSA) is 61.9 Å². The molecule has 1 aliphatic rings. The summed E-state index contributed by atoms with van der Waals surface area (Å²) in [5.74, 6) is 0.641. The Balaban J connectivity index is 1.45. The van der Waals surface area contributed by atoms with Gasteiger partial charge in [-0.3, -0.25) is 9.59 Å². The molecule has 6 heteroatoms. The molecule has 0 aliphatic carbocycles. The standard InChI is InChI=1S/C37H41N3O3/c1-26(41)40-34-21-18-31(38-35(42)29-14-12-28(13-15-29)27-10-8-7-9-11-27)24-33(34)37(4,25-36(40,2)3)30-16-19-32(20-17-30)43-23-22-39(5)6/h7-21,24H,22-23,25H2,1-6H3,(H,38,42). The fourth-order valence-corrected chi connectivity index (χ4v) is 6.38. The Hall–Kier alpha value is -4.42. The highest BCUT2D eigenvalue weighted by Crippen LogP contribution is 2.51. The molecular weight excluding hydrogens is 534 g/mol. The van der Waals surface area contributed by atoms with Crippen LogP contribution in [0.3, 0.4) is 0 Å².